The van der Waals surface area contributed by atoms with E-state index < -0.39 is 0 Å². The number of anilines is 1. The van der Waals surface area contributed by atoms with Gasteiger partial charge < -0.3 is 15.4 Å². The van der Waals surface area contributed by atoms with Crippen LogP contribution in [0.15, 0.2) is 30.5 Å². The number of halogens is 1. The second kappa shape index (κ2) is 7.38. The minimum atomic E-state index is 0.565. The average molecular weight is 310 g/mol. The predicted octanol–water partition coefficient (Wildman–Crippen LogP) is 3.21. The zero-order valence-corrected chi connectivity index (χ0v) is 12.7. The molecule has 2 N–H and O–H groups in total. The van der Waals surface area contributed by atoms with Gasteiger partial charge in [0.2, 0.25) is 0 Å². The molecule has 0 aliphatic heterocycles. The van der Waals surface area contributed by atoms with Gasteiger partial charge in [-0.05, 0) is 42.9 Å². The lowest BCUT2D eigenvalue weighted by molar-refractivity contribution is 0.196. The number of nitrogens with one attached hydrogen (secondary N) is 2. The molecule has 0 aliphatic carbocycles. The highest BCUT2D eigenvalue weighted by Crippen LogP contribution is 2.27. The Hall–Kier alpha value is -1.43. The number of fused-ring (bicyclic) bond motifs is 1. The van der Waals surface area contributed by atoms with Gasteiger partial charge in [0.15, 0.2) is 5.11 Å². The molecule has 20 heavy (non-hydrogen) atoms. The highest BCUT2D eigenvalue weighted by molar-refractivity contribution is 7.80. The van der Waals surface area contributed by atoms with Gasteiger partial charge in [-0.15, -0.1) is 0 Å². The van der Waals surface area contributed by atoms with Crippen molar-refractivity contribution in [3.63, 3.8) is 0 Å². The minimum Gasteiger partial charge on any atom is -0.385 e. The molecule has 0 atom stereocenters. The standard InChI is InChI=1S/C14H16ClN3OS/c1-19-9-3-8-17-14(20)18-12-6-5-11(15)10-4-2-7-16-13(10)12/h2,4-7H,3,8-9H2,1H3,(H2,17,18,20). The number of ether oxygens (including phenoxy) is 1. The van der Waals surface area contributed by atoms with Gasteiger partial charge in [0.05, 0.1) is 16.2 Å². The van der Waals surface area contributed by atoms with Crippen molar-refractivity contribution in [3.8, 4) is 0 Å². The lowest BCUT2D eigenvalue weighted by Crippen LogP contribution is -2.29. The van der Waals surface area contributed by atoms with Crippen molar-refractivity contribution in [3.05, 3.63) is 35.5 Å². The van der Waals surface area contributed by atoms with Crippen molar-refractivity contribution >= 4 is 45.5 Å². The van der Waals surface area contributed by atoms with E-state index in [2.05, 4.69) is 15.6 Å². The van der Waals surface area contributed by atoms with Gasteiger partial charge in [0.25, 0.3) is 0 Å². The van der Waals surface area contributed by atoms with Crippen molar-refractivity contribution in [2.45, 2.75) is 6.42 Å². The summed E-state index contributed by atoms with van der Waals surface area (Å²) in [5.74, 6) is 0. The monoisotopic (exact) mass is 309 g/mol. The Bertz CT molecular complexity index is 606. The summed E-state index contributed by atoms with van der Waals surface area (Å²) in [4.78, 5) is 4.35. The first-order valence-electron chi connectivity index (χ1n) is 6.29. The largest absolute Gasteiger partial charge is 0.385 e. The Morgan fingerprint density at radius 3 is 3.05 bits per heavy atom. The molecule has 1 aromatic carbocycles. The van der Waals surface area contributed by atoms with Crippen LogP contribution in [0.2, 0.25) is 5.02 Å². The fraction of sp³-hybridized carbons (Fsp3) is 0.286. The SMILES string of the molecule is COCCCNC(=S)Nc1ccc(Cl)c2cccnc12. The van der Waals surface area contributed by atoms with Crippen LogP contribution in [0.1, 0.15) is 6.42 Å². The zero-order chi connectivity index (χ0) is 14.4. The van der Waals surface area contributed by atoms with E-state index in [1.807, 2.05) is 24.3 Å². The molecule has 0 radical (unpaired) electrons. The molecule has 1 aromatic heterocycles. The number of benzene rings is 1. The van der Waals surface area contributed by atoms with E-state index in [0.717, 1.165) is 29.6 Å². The molecule has 0 saturated carbocycles. The van der Waals surface area contributed by atoms with Crippen LogP contribution in [-0.4, -0.2) is 30.4 Å². The Morgan fingerprint density at radius 2 is 2.25 bits per heavy atom. The molecule has 0 aliphatic rings. The number of hydrogen-bond donors (Lipinski definition) is 2. The molecule has 6 heteroatoms. The number of rotatable bonds is 5. The highest BCUT2D eigenvalue weighted by Gasteiger charge is 2.06. The number of thiocarbonyl (C=S) groups is 1. The van der Waals surface area contributed by atoms with Gasteiger partial charge in [0.1, 0.15) is 0 Å². The molecule has 0 unspecified atom stereocenters. The maximum Gasteiger partial charge on any atom is 0.170 e. The van der Waals surface area contributed by atoms with Crippen molar-refractivity contribution < 1.29 is 4.74 Å². The summed E-state index contributed by atoms with van der Waals surface area (Å²) < 4.78 is 4.98. The van der Waals surface area contributed by atoms with Crippen LogP contribution in [0.4, 0.5) is 5.69 Å². The van der Waals surface area contributed by atoms with E-state index in [9.17, 15) is 0 Å². The van der Waals surface area contributed by atoms with Crippen LogP contribution in [0.3, 0.4) is 0 Å². The van der Waals surface area contributed by atoms with Gasteiger partial charge in [0, 0.05) is 31.8 Å². The average Bonchev–Trinajstić information content (AvgIpc) is 2.47. The predicted molar refractivity (Wildman–Crippen MR) is 87.5 cm³/mol. The van der Waals surface area contributed by atoms with Gasteiger partial charge in [-0.25, -0.2) is 0 Å². The number of methoxy groups -OCH3 is 1. The molecule has 0 bridgehead atoms. The normalized spacial score (nSPS) is 10.5. The second-order valence-corrected chi connectivity index (χ2v) is 5.04. The lowest BCUT2D eigenvalue weighted by Gasteiger charge is -2.12. The molecule has 0 spiro atoms. The summed E-state index contributed by atoms with van der Waals surface area (Å²) in [5.41, 5.74) is 1.65. The van der Waals surface area contributed by atoms with Crippen LogP contribution in [0, 0.1) is 0 Å². The summed E-state index contributed by atoms with van der Waals surface area (Å²) in [6.07, 6.45) is 2.64. The van der Waals surface area contributed by atoms with E-state index >= 15 is 0 Å². The van der Waals surface area contributed by atoms with Gasteiger partial charge in [-0.3, -0.25) is 4.98 Å². The number of nitrogens with zero attached hydrogens (tertiary/aromatic N) is 1. The molecule has 106 valence electrons. The first-order valence-corrected chi connectivity index (χ1v) is 7.08. The lowest BCUT2D eigenvalue weighted by atomic mass is 10.2. The molecular formula is C14H16ClN3OS. The van der Waals surface area contributed by atoms with Crippen molar-refractivity contribution in [2.24, 2.45) is 0 Å². The molecular weight excluding hydrogens is 294 g/mol. The van der Waals surface area contributed by atoms with Gasteiger partial charge >= 0.3 is 0 Å². The summed E-state index contributed by atoms with van der Waals surface area (Å²) in [5, 5.41) is 8.42. The molecule has 0 saturated heterocycles. The zero-order valence-electron chi connectivity index (χ0n) is 11.1. The number of aromatic nitrogens is 1. The number of pyridine rings is 1. The van der Waals surface area contributed by atoms with Crippen LogP contribution in [0.5, 0.6) is 0 Å². The molecule has 2 rings (SSSR count). The van der Waals surface area contributed by atoms with Crippen molar-refractivity contribution in [2.75, 3.05) is 25.6 Å². The van der Waals surface area contributed by atoms with Crippen LogP contribution in [-0.2, 0) is 4.74 Å². The minimum absolute atomic E-state index is 0.565. The summed E-state index contributed by atoms with van der Waals surface area (Å²) in [6.45, 7) is 1.47. The molecule has 0 fully saturated rings. The smallest absolute Gasteiger partial charge is 0.170 e. The third-order valence-corrected chi connectivity index (χ3v) is 3.35. The first-order chi connectivity index (χ1) is 9.72. The Labute approximate surface area is 128 Å². The van der Waals surface area contributed by atoms with E-state index in [4.69, 9.17) is 28.6 Å². The van der Waals surface area contributed by atoms with Crippen LogP contribution < -0.4 is 10.6 Å². The van der Waals surface area contributed by atoms with E-state index in [1.165, 1.54) is 0 Å². The Balaban J connectivity index is 2.06. The topological polar surface area (TPSA) is 46.2 Å². The quantitative estimate of drug-likeness (QED) is 0.656. The number of hydrogen-bond acceptors (Lipinski definition) is 3. The summed E-state index contributed by atoms with van der Waals surface area (Å²) in [7, 11) is 1.68. The van der Waals surface area contributed by atoms with E-state index in [0.29, 0.717) is 16.7 Å². The van der Waals surface area contributed by atoms with Gasteiger partial charge in [-0.1, -0.05) is 11.6 Å². The highest BCUT2D eigenvalue weighted by atomic mass is 35.5. The van der Waals surface area contributed by atoms with Gasteiger partial charge in [-0.2, -0.15) is 0 Å². The molecule has 2 aromatic rings. The fourth-order valence-corrected chi connectivity index (χ4v) is 2.25. The van der Waals surface area contributed by atoms with Crippen molar-refractivity contribution in [1.82, 2.24) is 10.3 Å². The maximum absolute atomic E-state index is 6.15. The van der Waals surface area contributed by atoms with E-state index in [-0.39, 0.29) is 0 Å². The second-order valence-electron chi connectivity index (χ2n) is 4.22. The van der Waals surface area contributed by atoms with E-state index in [1.54, 1.807) is 13.3 Å². The van der Waals surface area contributed by atoms with Crippen molar-refractivity contribution in [1.29, 1.82) is 0 Å². The molecule has 4 nitrogen and oxygen atoms in total. The summed E-state index contributed by atoms with van der Waals surface area (Å²) >= 11 is 11.4. The maximum atomic E-state index is 6.15. The molecule has 1 heterocycles. The third kappa shape index (κ3) is 3.79. The molecule has 0 amide bonds. The first kappa shape index (κ1) is 15.0. The Morgan fingerprint density at radius 1 is 1.40 bits per heavy atom. The van der Waals surface area contributed by atoms with Crippen LogP contribution in [0.25, 0.3) is 10.9 Å². The van der Waals surface area contributed by atoms with Crippen LogP contribution >= 0.6 is 23.8 Å². The third-order valence-electron chi connectivity index (χ3n) is 2.78. The Kier molecular flexibility index (Phi) is 5.52. The summed E-state index contributed by atoms with van der Waals surface area (Å²) in [6, 6.07) is 7.51. The fourth-order valence-electron chi connectivity index (χ4n) is 1.82.